The summed E-state index contributed by atoms with van der Waals surface area (Å²) >= 11 is 7.79. The third kappa shape index (κ3) is 5.18. The number of hydrogen-bond acceptors (Lipinski definition) is 8. The van der Waals surface area contributed by atoms with Crippen molar-refractivity contribution < 1.29 is 23.7 Å². The van der Waals surface area contributed by atoms with Gasteiger partial charge in [0.15, 0.2) is 11.5 Å². The molecule has 3 aromatic carbocycles. The number of methoxy groups -OCH3 is 1. The molecular formula is C31H27ClN2O5S. The topological polar surface area (TPSA) is 104 Å². The first-order chi connectivity index (χ1) is 19.2. The Morgan fingerprint density at radius 2 is 1.95 bits per heavy atom. The molecule has 204 valence electrons. The summed E-state index contributed by atoms with van der Waals surface area (Å²) in [7, 11) is 1.57. The van der Waals surface area contributed by atoms with E-state index in [2.05, 4.69) is 19.9 Å². The zero-order valence-electron chi connectivity index (χ0n) is 22.4. The maximum atomic E-state index is 13.1. The predicted molar refractivity (Wildman–Crippen MR) is 156 cm³/mol. The van der Waals surface area contributed by atoms with Crippen molar-refractivity contribution in [3.63, 3.8) is 0 Å². The Balaban J connectivity index is 1.47. The first-order valence-corrected chi connectivity index (χ1v) is 13.8. The van der Waals surface area contributed by atoms with Crippen LogP contribution < -0.4 is 24.7 Å². The van der Waals surface area contributed by atoms with Gasteiger partial charge < -0.3 is 24.7 Å². The Bertz CT molecular complexity index is 1700. The quantitative estimate of drug-likeness (QED) is 0.182. The van der Waals surface area contributed by atoms with Crippen LogP contribution >= 0.6 is 22.9 Å². The fourth-order valence-electron chi connectivity index (χ4n) is 4.54. The molecule has 0 saturated heterocycles. The molecule has 0 saturated carbocycles. The minimum Gasteiger partial charge on any atom is -0.493 e. The van der Waals surface area contributed by atoms with Gasteiger partial charge in [-0.3, -0.25) is 0 Å². The van der Waals surface area contributed by atoms with Crippen LogP contribution in [0.15, 0.2) is 66.1 Å². The van der Waals surface area contributed by atoms with Gasteiger partial charge >= 0.3 is 5.97 Å². The minimum atomic E-state index is -0.570. The predicted octanol–water partition coefficient (Wildman–Crippen LogP) is 7.34. The van der Waals surface area contributed by atoms with Crippen LogP contribution in [-0.4, -0.2) is 19.7 Å². The Hall–Kier alpha value is -4.19. The number of thiophene rings is 1. The molecule has 2 N–H and O–H groups in total. The molecule has 9 heteroatoms. The van der Waals surface area contributed by atoms with E-state index in [4.69, 9.17) is 36.3 Å². The minimum absolute atomic E-state index is 0.0227. The summed E-state index contributed by atoms with van der Waals surface area (Å²) in [6.45, 7) is 6.65. The molecule has 4 aromatic rings. The Morgan fingerprint density at radius 1 is 1.15 bits per heavy atom. The lowest BCUT2D eigenvalue weighted by atomic mass is 9.83. The number of hydrogen-bond donors (Lipinski definition) is 1. The molecule has 40 heavy (non-hydrogen) atoms. The number of nitrogens with zero attached hydrogens (tertiary/aromatic N) is 1. The van der Waals surface area contributed by atoms with Crippen LogP contribution in [0, 0.1) is 24.2 Å². The number of nitriles is 1. The Kier molecular flexibility index (Phi) is 7.61. The number of halogens is 1. The second kappa shape index (κ2) is 11.1. The van der Waals surface area contributed by atoms with Gasteiger partial charge in [0.25, 0.3) is 0 Å². The molecule has 0 fully saturated rings. The van der Waals surface area contributed by atoms with Gasteiger partial charge in [0.05, 0.1) is 24.7 Å². The van der Waals surface area contributed by atoms with E-state index in [0.717, 1.165) is 21.2 Å². The van der Waals surface area contributed by atoms with Gasteiger partial charge in [0.1, 0.15) is 28.0 Å². The highest BCUT2D eigenvalue weighted by Gasteiger charge is 2.32. The molecular weight excluding hydrogens is 548 g/mol. The summed E-state index contributed by atoms with van der Waals surface area (Å²) < 4.78 is 23.9. The zero-order chi connectivity index (χ0) is 28.6. The molecule has 1 aromatic heterocycles. The number of carbonyl (C=O) groups is 1. The third-order valence-electron chi connectivity index (χ3n) is 6.46. The molecule has 1 atom stereocenters. The van der Waals surface area contributed by atoms with Crippen LogP contribution in [0.3, 0.4) is 0 Å². The van der Waals surface area contributed by atoms with E-state index >= 15 is 0 Å². The maximum absolute atomic E-state index is 13.1. The fourth-order valence-corrected chi connectivity index (χ4v) is 6.02. The summed E-state index contributed by atoms with van der Waals surface area (Å²) in [4.78, 5) is 13.4. The average Bonchev–Trinajstić information content (AvgIpc) is 3.26. The van der Waals surface area contributed by atoms with Crippen molar-refractivity contribution >= 4 is 39.0 Å². The van der Waals surface area contributed by atoms with Gasteiger partial charge in [0.2, 0.25) is 5.88 Å². The monoisotopic (exact) mass is 574 g/mol. The summed E-state index contributed by atoms with van der Waals surface area (Å²) in [5.74, 6) is 1.03. The van der Waals surface area contributed by atoms with Crippen molar-refractivity contribution in [3.05, 3.63) is 92.6 Å². The molecule has 7 nitrogen and oxygen atoms in total. The number of benzene rings is 3. The Morgan fingerprint density at radius 3 is 2.67 bits per heavy atom. The van der Waals surface area contributed by atoms with E-state index in [1.54, 1.807) is 25.3 Å². The van der Waals surface area contributed by atoms with E-state index in [1.807, 2.05) is 43.3 Å². The smallest absolute Gasteiger partial charge is 0.355 e. The van der Waals surface area contributed by atoms with Gasteiger partial charge in [-0.1, -0.05) is 49.7 Å². The normalized spacial score (nSPS) is 14.5. The number of aryl methyl sites for hydroxylation is 1. The van der Waals surface area contributed by atoms with Gasteiger partial charge in [-0.25, -0.2) is 4.79 Å². The van der Waals surface area contributed by atoms with Crippen molar-refractivity contribution in [2.45, 2.75) is 26.7 Å². The van der Waals surface area contributed by atoms with Crippen molar-refractivity contribution in [2.24, 2.45) is 11.7 Å². The molecule has 1 aliphatic heterocycles. The van der Waals surface area contributed by atoms with E-state index in [1.165, 1.54) is 11.3 Å². The second-order valence-electron chi connectivity index (χ2n) is 9.87. The summed E-state index contributed by atoms with van der Waals surface area (Å²) in [6, 6.07) is 18.5. The number of ether oxygens (including phenoxy) is 4. The summed E-state index contributed by atoms with van der Waals surface area (Å²) in [5, 5.41) is 11.1. The lowest BCUT2D eigenvalue weighted by Crippen LogP contribution is -2.21. The first-order valence-electron chi connectivity index (χ1n) is 12.6. The number of allylic oxidation sites excluding steroid dienone is 1. The van der Waals surface area contributed by atoms with Gasteiger partial charge in [-0.15, -0.1) is 11.3 Å². The molecule has 1 unspecified atom stereocenters. The van der Waals surface area contributed by atoms with E-state index < -0.39 is 11.9 Å². The highest BCUT2D eigenvalue weighted by atomic mass is 35.5. The van der Waals surface area contributed by atoms with Crippen LogP contribution in [0.2, 0.25) is 5.02 Å². The van der Waals surface area contributed by atoms with Crippen LogP contribution in [0.5, 0.6) is 23.0 Å². The van der Waals surface area contributed by atoms with Gasteiger partial charge in [-0.05, 0) is 48.2 Å². The second-order valence-corrected chi connectivity index (χ2v) is 11.3. The third-order valence-corrected chi connectivity index (χ3v) is 8.10. The maximum Gasteiger partial charge on any atom is 0.355 e. The standard InChI is InChI=1S/C31H27ClN2O5S/c1-16(2)15-37-23-10-6-18(12-25(23)36-4)27-20-9-7-19(13-24(20)39-30(34)22(27)14-33)38-31(35)29-28(32)21-8-5-17(3)11-26(21)40-29/h5-13,16,27H,15,34H2,1-4H3. The summed E-state index contributed by atoms with van der Waals surface area (Å²) in [5.41, 5.74) is 8.99. The largest absolute Gasteiger partial charge is 0.493 e. The molecule has 1 aliphatic rings. The number of esters is 1. The number of nitrogens with two attached hydrogens (primary N) is 1. The van der Waals surface area contributed by atoms with Gasteiger partial charge in [0, 0.05) is 21.7 Å². The Labute approximate surface area is 241 Å². The van der Waals surface area contributed by atoms with Crippen molar-refractivity contribution in [1.82, 2.24) is 0 Å². The zero-order valence-corrected chi connectivity index (χ0v) is 24.0. The lowest BCUT2D eigenvalue weighted by Gasteiger charge is -2.27. The van der Waals surface area contributed by atoms with Crippen LogP contribution in [0.25, 0.3) is 10.1 Å². The fraction of sp³-hybridized carbons (Fsp3) is 0.226. The van der Waals surface area contributed by atoms with E-state index in [-0.39, 0.29) is 17.2 Å². The van der Waals surface area contributed by atoms with Crippen LogP contribution in [0.4, 0.5) is 0 Å². The van der Waals surface area contributed by atoms with Crippen molar-refractivity contribution in [1.29, 1.82) is 5.26 Å². The number of fused-ring (bicyclic) bond motifs is 2. The molecule has 5 rings (SSSR count). The molecule has 2 heterocycles. The highest BCUT2D eigenvalue weighted by molar-refractivity contribution is 7.21. The number of carbonyl (C=O) groups excluding carboxylic acids is 1. The highest BCUT2D eigenvalue weighted by Crippen LogP contribution is 2.45. The van der Waals surface area contributed by atoms with Gasteiger partial charge in [-0.2, -0.15) is 5.26 Å². The average molecular weight is 575 g/mol. The molecule has 0 aliphatic carbocycles. The van der Waals surface area contributed by atoms with Crippen LogP contribution in [-0.2, 0) is 0 Å². The summed E-state index contributed by atoms with van der Waals surface area (Å²) in [6.07, 6.45) is 0. The first kappa shape index (κ1) is 27.4. The van der Waals surface area contributed by atoms with Crippen molar-refractivity contribution in [3.8, 4) is 29.1 Å². The van der Waals surface area contributed by atoms with Crippen molar-refractivity contribution in [2.75, 3.05) is 13.7 Å². The SMILES string of the molecule is COc1cc(C2C(C#N)=C(N)Oc3cc(OC(=O)c4sc5cc(C)ccc5c4Cl)ccc32)ccc1OCC(C)C. The molecule has 0 bridgehead atoms. The number of rotatable bonds is 7. The van der Waals surface area contributed by atoms with E-state index in [9.17, 15) is 10.1 Å². The molecule has 0 spiro atoms. The lowest BCUT2D eigenvalue weighted by molar-refractivity contribution is 0.0740. The molecule has 0 amide bonds. The van der Waals surface area contributed by atoms with Crippen LogP contribution in [0.1, 0.15) is 46.1 Å². The van der Waals surface area contributed by atoms with E-state index in [0.29, 0.717) is 45.2 Å². The molecule has 0 radical (unpaired) electrons.